The summed E-state index contributed by atoms with van der Waals surface area (Å²) in [5.74, 6) is -0.170. The van der Waals surface area contributed by atoms with Gasteiger partial charge in [-0.25, -0.2) is 0 Å². The molecule has 5 heteroatoms. The number of aliphatic hydroxyl groups is 1. The number of rotatable bonds is 5. The van der Waals surface area contributed by atoms with Crippen molar-refractivity contribution in [1.82, 2.24) is 9.80 Å². The van der Waals surface area contributed by atoms with Crippen LogP contribution in [0.15, 0.2) is 24.3 Å². The van der Waals surface area contributed by atoms with Crippen LogP contribution in [0.4, 0.5) is 0 Å². The molecule has 1 aliphatic heterocycles. The Balaban J connectivity index is 1.75. The van der Waals surface area contributed by atoms with Crippen LogP contribution < -0.4 is 0 Å². The summed E-state index contributed by atoms with van der Waals surface area (Å²) >= 11 is 0. The van der Waals surface area contributed by atoms with Crippen LogP contribution in [0.1, 0.15) is 44.2 Å². The lowest BCUT2D eigenvalue weighted by Gasteiger charge is -2.30. The minimum absolute atomic E-state index is 0.0242. The minimum atomic E-state index is -0.604. The van der Waals surface area contributed by atoms with Crippen LogP contribution in [-0.4, -0.2) is 51.5 Å². The molecule has 0 spiro atoms. The number of aliphatic hydroxyl groups excluding tert-OH is 1. The zero-order valence-corrected chi connectivity index (χ0v) is 14.4. The summed E-state index contributed by atoms with van der Waals surface area (Å²) in [6.07, 6.45) is 2.78. The maximum Gasteiger partial charge on any atom is 0.246 e. The third-order valence-electron chi connectivity index (χ3n) is 5.02. The van der Waals surface area contributed by atoms with E-state index < -0.39 is 12.1 Å². The van der Waals surface area contributed by atoms with E-state index in [4.69, 9.17) is 0 Å². The molecular formula is C19H26N2O3. The van der Waals surface area contributed by atoms with Crippen LogP contribution in [0.3, 0.4) is 0 Å². The summed E-state index contributed by atoms with van der Waals surface area (Å²) in [7, 11) is 0. The molecule has 1 saturated carbocycles. The van der Waals surface area contributed by atoms with E-state index >= 15 is 0 Å². The first-order valence-corrected chi connectivity index (χ1v) is 8.83. The molecule has 1 aromatic rings. The van der Waals surface area contributed by atoms with Crippen molar-refractivity contribution in [3.05, 3.63) is 35.4 Å². The molecule has 1 N–H and O–H groups in total. The molecule has 1 aromatic carbocycles. The van der Waals surface area contributed by atoms with E-state index in [2.05, 4.69) is 31.2 Å². The molecule has 0 aromatic heterocycles. The molecule has 24 heavy (non-hydrogen) atoms. The average molecular weight is 330 g/mol. The molecule has 1 saturated heterocycles. The standard InChI is InChI=1S/C19H26N2O3/c1-3-14-4-6-15(7-5-14)11-21(16-8-9-16)19(24)18-10-17(23)12-20(18)13(2)22/h4-7,16-18,23H,3,8-12H2,1-2H3/t17-,18-/m1/s1. The third-order valence-corrected chi connectivity index (χ3v) is 5.02. The van der Waals surface area contributed by atoms with Crippen LogP contribution in [-0.2, 0) is 22.6 Å². The number of benzene rings is 1. The van der Waals surface area contributed by atoms with Crippen molar-refractivity contribution in [2.24, 2.45) is 0 Å². The predicted molar refractivity (Wildman–Crippen MR) is 91.2 cm³/mol. The fraction of sp³-hybridized carbons (Fsp3) is 0.579. The van der Waals surface area contributed by atoms with E-state index in [0.29, 0.717) is 13.0 Å². The van der Waals surface area contributed by atoms with Crippen LogP contribution >= 0.6 is 0 Å². The minimum Gasteiger partial charge on any atom is -0.391 e. The van der Waals surface area contributed by atoms with Crippen molar-refractivity contribution >= 4 is 11.8 Å². The number of likely N-dealkylation sites (tertiary alicyclic amines) is 1. The number of hydrogen-bond donors (Lipinski definition) is 1. The SMILES string of the molecule is CCc1ccc(CN(C(=O)[C@H]2C[C@@H](O)CN2C(C)=O)C2CC2)cc1. The summed E-state index contributed by atoms with van der Waals surface area (Å²) in [6, 6.07) is 8.11. The smallest absolute Gasteiger partial charge is 0.246 e. The van der Waals surface area contributed by atoms with Crippen molar-refractivity contribution in [3.8, 4) is 0 Å². The fourth-order valence-electron chi connectivity index (χ4n) is 3.44. The third kappa shape index (κ3) is 3.61. The average Bonchev–Trinajstić information content (AvgIpc) is 3.33. The molecule has 3 rings (SSSR count). The molecule has 0 unspecified atom stereocenters. The van der Waals surface area contributed by atoms with Gasteiger partial charge in [-0.05, 0) is 30.4 Å². The second-order valence-electron chi connectivity index (χ2n) is 6.94. The number of aryl methyl sites for hydroxylation is 1. The zero-order chi connectivity index (χ0) is 17.3. The Bertz CT molecular complexity index is 610. The maximum atomic E-state index is 13.0. The highest BCUT2D eigenvalue weighted by Crippen LogP contribution is 2.31. The van der Waals surface area contributed by atoms with Crippen molar-refractivity contribution < 1.29 is 14.7 Å². The lowest BCUT2D eigenvalue weighted by molar-refractivity contribution is -0.143. The Hall–Kier alpha value is -1.88. The molecule has 0 radical (unpaired) electrons. The Morgan fingerprint density at radius 1 is 1.21 bits per heavy atom. The Kier molecular flexibility index (Phi) is 4.90. The summed E-state index contributed by atoms with van der Waals surface area (Å²) in [4.78, 5) is 28.2. The molecule has 5 nitrogen and oxygen atoms in total. The Morgan fingerprint density at radius 3 is 2.38 bits per heavy atom. The number of hydrogen-bond acceptors (Lipinski definition) is 3. The zero-order valence-electron chi connectivity index (χ0n) is 14.4. The summed E-state index contributed by atoms with van der Waals surface area (Å²) in [5.41, 5.74) is 2.39. The molecule has 2 amide bonds. The van der Waals surface area contributed by atoms with E-state index in [1.54, 1.807) is 0 Å². The van der Waals surface area contributed by atoms with Crippen molar-refractivity contribution in [2.75, 3.05) is 6.54 Å². The second-order valence-corrected chi connectivity index (χ2v) is 6.94. The van der Waals surface area contributed by atoms with Crippen LogP contribution in [0.25, 0.3) is 0 Å². The number of carbonyl (C=O) groups excluding carboxylic acids is 2. The first-order valence-electron chi connectivity index (χ1n) is 8.83. The molecule has 1 heterocycles. The molecule has 130 valence electrons. The van der Waals surface area contributed by atoms with Crippen LogP contribution in [0.5, 0.6) is 0 Å². The predicted octanol–water partition coefficient (Wildman–Crippen LogP) is 1.72. The fourth-order valence-corrected chi connectivity index (χ4v) is 3.44. The van der Waals surface area contributed by atoms with Gasteiger partial charge in [-0.2, -0.15) is 0 Å². The first-order chi connectivity index (χ1) is 11.5. The van der Waals surface area contributed by atoms with Gasteiger partial charge in [-0.15, -0.1) is 0 Å². The van der Waals surface area contributed by atoms with Gasteiger partial charge in [0, 0.05) is 32.5 Å². The quantitative estimate of drug-likeness (QED) is 0.894. The van der Waals surface area contributed by atoms with Gasteiger partial charge in [0.1, 0.15) is 6.04 Å². The van der Waals surface area contributed by atoms with E-state index in [-0.39, 0.29) is 24.4 Å². The highest BCUT2D eigenvalue weighted by atomic mass is 16.3. The first kappa shape index (κ1) is 17.0. The van der Waals surface area contributed by atoms with Gasteiger partial charge >= 0.3 is 0 Å². The second kappa shape index (κ2) is 6.93. The van der Waals surface area contributed by atoms with Gasteiger partial charge < -0.3 is 14.9 Å². The van der Waals surface area contributed by atoms with Crippen LogP contribution in [0.2, 0.25) is 0 Å². The van der Waals surface area contributed by atoms with E-state index in [0.717, 1.165) is 24.8 Å². The molecule has 2 aliphatic rings. The summed E-state index contributed by atoms with van der Waals surface area (Å²) < 4.78 is 0. The van der Waals surface area contributed by atoms with Crippen LogP contribution in [0, 0.1) is 0 Å². The Labute approximate surface area is 143 Å². The highest BCUT2D eigenvalue weighted by molar-refractivity contribution is 5.88. The van der Waals surface area contributed by atoms with Crippen molar-refractivity contribution in [2.45, 2.75) is 64.3 Å². The number of β-amino-alcohol motifs (C(OH)–C–C–N with tert-alkyl or cyclic N) is 1. The number of carbonyl (C=O) groups is 2. The van der Waals surface area contributed by atoms with Gasteiger partial charge in [-0.1, -0.05) is 31.2 Å². The largest absolute Gasteiger partial charge is 0.391 e. The van der Waals surface area contributed by atoms with Crippen molar-refractivity contribution in [1.29, 1.82) is 0 Å². The maximum absolute atomic E-state index is 13.0. The Morgan fingerprint density at radius 2 is 1.83 bits per heavy atom. The van der Waals surface area contributed by atoms with E-state index in [9.17, 15) is 14.7 Å². The van der Waals surface area contributed by atoms with Gasteiger partial charge in [-0.3, -0.25) is 9.59 Å². The van der Waals surface area contributed by atoms with E-state index in [1.807, 2.05) is 4.90 Å². The number of amides is 2. The topological polar surface area (TPSA) is 60.9 Å². The van der Waals surface area contributed by atoms with Gasteiger partial charge in [0.25, 0.3) is 0 Å². The summed E-state index contributed by atoms with van der Waals surface area (Å²) in [5, 5.41) is 9.89. The lowest BCUT2D eigenvalue weighted by Crippen LogP contribution is -2.47. The molecular weight excluding hydrogens is 304 g/mol. The van der Waals surface area contributed by atoms with E-state index in [1.165, 1.54) is 17.4 Å². The summed E-state index contributed by atoms with van der Waals surface area (Å²) in [6.45, 7) is 4.42. The molecule has 2 fully saturated rings. The lowest BCUT2D eigenvalue weighted by atomic mass is 10.1. The highest BCUT2D eigenvalue weighted by Gasteiger charge is 2.43. The van der Waals surface area contributed by atoms with Gasteiger partial charge in [0.15, 0.2) is 0 Å². The molecule has 1 aliphatic carbocycles. The molecule has 2 atom stereocenters. The normalized spacial score (nSPS) is 23.4. The number of nitrogens with zero attached hydrogens (tertiary/aromatic N) is 2. The van der Waals surface area contributed by atoms with Gasteiger partial charge in [0.05, 0.1) is 6.10 Å². The monoisotopic (exact) mass is 330 g/mol. The van der Waals surface area contributed by atoms with Gasteiger partial charge in [0.2, 0.25) is 11.8 Å². The molecule has 0 bridgehead atoms. The van der Waals surface area contributed by atoms with Crippen molar-refractivity contribution in [3.63, 3.8) is 0 Å².